The van der Waals surface area contributed by atoms with E-state index in [0.717, 1.165) is 0 Å². The first kappa shape index (κ1) is 19.9. The van der Waals surface area contributed by atoms with Gasteiger partial charge in [-0.3, -0.25) is 4.79 Å². The van der Waals surface area contributed by atoms with Gasteiger partial charge < -0.3 is 18.9 Å². The smallest absolute Gasteiger partial charge is 0.232 e. The highest BCUT2D eigenvalue weighted by molar-refractivity contribution is 5.96. The average molecular weight is 411 g/mol. The van der Waals surface area contributed by atoms with Crippen LogP contribution < -0.4 is 14.4 Å². The van der Waals surface area contributed by atoms with E-state index < -0.39 is 0 Å². The minimum Gasteiger partial charge on any atom is -0.493 e. The number of hydrogen-bond donors (Lipinski definition) is 0. The van der Waals surface area contributed by atoms with Crippen molar-refractivity contribution in [3.05, 3.63) is 53.7 Å². The van der Waals surface area contributed by atoms with Crippen molar-refractivity contribution in [1.29, 1.82) is 0 Å². The molecule has 0 radical (unpaired) electrons. The first-order chi connectivity index (χ1) is 14.5. The molecule has 2 aromatic carbocycles. The summed E-state index contributed by atoms with van der Waals surface area (Å²) >= 11 is 0. The van der Waals surface area contributed by atoms with E-state index in [-0.39, 0.29) is 24.1 Å². The molecule has 0 N–H and O–H groups in total. The molecule has 1 saturated heterocycles. The summed E-state index contributed by atoms with van der Waals surface area (Å²) in [4.78, 5) is 18.5. The number of aryl methyl sites for hydroxylation is 1. The Kier molecular flexibility index (Phi) is 5.39. The van der Waals surface area contributed by atoms with Crippen LogP contribution in [0.3, 0.4) is 0 Å². The van der Waals surface area contributed by atoms with Crippen LogP contribution in [0.25, 0.3) is 11.4 Å². The summed E-state index contributed by atoms with van der Waals surface area (Å²) in [6, 6.07) is 10.2. The van der Waals surface area contributed by atoms with Gasteiger partial charge in [-0.25, -0.2) is 4.39 Å². The first-order valence-electron chi connectivity index (χ1n) is 9.71. The number of anilines is 1. The summed E-state index contributed by atoms with van der Waals surface area (Å²) in [7, 11) is 1.57. The van der Waals surface area contributed by atoms with Gasteiger partial charge >= 0.3 is 0 Å². The van der Waals surface area contributed by atoms with Gasteiger partial charge in [-0.1, -0.05) is 11.2 Å². The monoisotopic (exact) mass is 411 g/mol. The van der Waals surface area contributed by atoms with Crippen LogP contribution in [0.5, 0.6) is 11.5 Å². The number of halogens is 1. The number of nitrogens with zero attached hydrogens (tertiary/aromatic N) is 3. The quantitative estimate of drug-likeness (QED) is 0.607. The van der Waals surface area contributed by atoms with E-state index in [2.05, 4.69) is 10.1 Å². The Labute approximate surface area is 173 Å². The number of carbonyl (C=O) groups excluding carboxylic acids is 1. The molecule has 4 rings (SSSR count). The summed E-state index contributed by atoms with van der Waals surface area (Å²) in [6.07, 6.45) is 0.226. The molecule has 30 heavy (non-hydrogen) atoms. The molecular formula is C22H22FN3O4. The molecule has 0 saturated carbocycles. The minimum atomic E-state index is -0.340. The Morgan fingerprint density at radius 2 is 2.07 bits per heavy atom. The molecule has 1 fully saturated rings. The number of methoxy groups -OCH3 is 1. The zero-order valence-electron chi connectivity index (χ0n) is 17.0. The number of rotatable bonds is 6. The maximum atomic E-state index is 13.9. The molecule has 1 aliphatic heterocycles. The Balaban J connectivity index is 1.54. The van der Waals surface area contributed by atoms with E-state index in [9.17, 15) is 9.18 Å². The van der Waals surface area contributed by atoms with E-state index in [1.54, 1.807) is 43.2 Å². The van der Waals surface area contributed by atoms with Crippen molar-refractivity contribution in [3.8, 4) is 22.9 Å². The Morgan fingerprint density at radius 3 is 2.80 bits per heavy atom. The summed E-state index contributed by atoms with van der Waals surface area (Å²) in [5, 5.41) is 4.06. The second kappa shape index (κ2) is 8.14. The molecule has 0 aliphatic carbocycles. The van der Waals surface area contributed by atoms with Crippen molar-refractivity contribution in [2.75, 3.05) is 25.2 Å². The lowest BCUT2D eigenvalue weighted by Gasteiger charge is -2.16. The predicted octanol–water partition coefficient (Wildman–Crippen LogP) is 4.11. The zero-order valence-corrected chi connectivity index (χ0v) is 17.0. The number of aromatic nitrogens is 2. The van der Waals surface area contributed by atoms with Crippen LogP contribution in [0.2, 0.25) is 0 Å². The van der Waals surface area contributed by atoms with Crippen LogP contribution >= 0.6 is 0 Å². The van der Waals surface area contributed by atoms with Gasteiger partial charge in [-0.05, 0) is 49.7 Å². The predicted molar refractivity (Wildman–Crippen MR) is 108 cm³/mol. The van der Waals surface area contributed by atoms with Gasteiger partial charge in [0.25, 0.3) is 0 Å². The van der Waals surface area contributed by atoms with Gasteiger partial charge in [0.1, 0.15) is 5.82 Å². The highest BCUT2D eigenvalue weighted by Crippen LogP contribution is 2.34. The Hall–Kier alpha value is -3.42. The maximum Gasteiger partial charge on any atom is 0.232 e. The Bertz CT molecular complexity index is 1080. The SMILES string of the molecule is CCOc1ccc(-c2noc(C3CC(=O)N(c4ccc(C)c(F)c4)C3)n2)cc1OC. The lowest BCUT2D eigenvalue weighted by atomic mass is 10.1. The fourth-order valence-corrected chi connectivity index (χ4v) is 3.47. The van der Waals surface area contributed by atoms with E-state index >= 15 is 0 Å². The van der Waals surface area contributed by atoms with E-state index in [1.807, 2.05) is 13.0 Å². The van der Waals surface area contributed by atoms with Crippen molar-refractivity contribution in [3.63, 3.8) is 0 Å². The van der Waals surface area contributed by atoms with Crippen LogP contribution in [0.15, 0.2) is 40.9 Å². The molecule has 1 atom stereocenters. The van der Waals surface area contributed by atoms with Crippen molar-refractivity contribution < 1.29 is 23.2 Å². The fraction of sp³-hybridized carbons (Fsp3) is 0.318. The molecule has 0 spiro atoms. The van der Waals surface area contributed by atoms with Crippen LogP contribution in [0.1, 0.15) is 30.7 Å². The lowest BCUT2D eigenvalue weighted by Crippen LogP contribution is -2.24. The number of ether oxygens (including phenoxy) is 2. The zero-order chi connectivity index (χ0) is 21.3. The van der Waals surface area contributed by atoms with Crippen molar-refractivity contribution in [2.24, 2.45) is 0 Å². The summed E-state index contributed by atoms with van der Waals surface area (Å²) < 4.78 is 30.3. The lowest BCUT2D eigenvalue weighted by molar-refractivity contribution is -0.117. The number of hydrogen-bond acceptors (Lipinski definition) is 6. The van der Waals surface area contributed by atoms with Gasteiger partial charge in [0, 0.05) is 24.2 Å². The van der Waals surface area contributed by atoms with Crippen molar-refractivity contribution in [1.82, 2.24) is 10.1 Å². The summed E-state index contributed by atoms with van der Waals surface area (Å²) in [6.45, 7) is 4.47. The summed E-state index contributed by atoms with van der Waals surface area (Å²) in [5.41, 5.74) is 1.78. The molecule has 2 heterocycles. The fourth-order valence-electron chi connectivity index (χ4n) is 3.47. The molecule has 1 amide bonds. The number of carbonyl (C=O) groups is 1. The molecule has 1 aromatic heterocycles. The van der Waals surface area contributed by atoms with Crippen molar-refractivity contribution >= 4 is 11.6 Å². The third kappa shape index (κ3) is 3.72. The minimum absolute atomic E-state index is 0.106. The van der Waals surface area contributed by atoms with E-state index in [4.69, 9.17) is 14.0 Å². The standard InChI is InChI=1S/C22H22FN3O4/c1-4-29-18-8-6-14(9-19(18)28-3)21-24-22(30-25-21)15-10-20(27)26(12-15)16-7-5-13(2)17(23)11-16/h5-9,11,15H,4,10,12H2,1-3H3. The van der Waals surface area contributed by atoms with E-state index in [0.29, 0.717) is 53.2 Å². The van der Waals surface area contributed by atoms with Crippen LogP contribution in [0.4, 0.5) is 10.1 Å². The highest BCUT2D eigenvalue weighted by atomic mass is 19.1. The largest absolute Gasteiger partial charge is 0.493 e. The van der Waals surface area contributed by atoms with Gasteiger partial charge in [-0.2, -0.15) is 4.98 Å². The highest BCUT2D eigenvalue weighted by Gasteiger charge is 2.35. The molecule has 0 bridgehead atoms. The molecular weight excluding hydrogens is 389 g/mol. The third-order valence-corrected chi connectivity index (χ3v) is 5.10. The summed E-state index contributed by atoms with van der Waals surface area (Å²) in [5.74, 6) is 1.28. The second-order valence-electron chi connectivity index (χ2n) is 7.09. The van der Waals surface area contributed by atoms with Crippen LogP contribution in [-0.4, -0.2) is 36.3 Å². The van der Waals surface area contributed by atoms with Gasteiger partial charge in [0.15, 0.2) is 11.5 Å². The number of benzene rings is 2. The third-order valence-electron chi connectivity index (χ3n) is 5.10. The molecule has 156 valence electrons. The Morgan fingerprint density at radius 1 is 1.23 bits per heavy atom. The first-order valence-corrected chi connectivity index (χ1v) is 9.71. The molecule has 8 heteroatoms. The molecule has 7 nitrogen and oxygen atoms in total. The van der Waals surface area contributed by atoms with Gasteiger partial charge in [0.2, 0.25) is 17.6 Å². The normalized spacial score (nSPS) is 16.2. The molecule has 1 aliphatic rings. The topological polar surface area (TPSA) is 77.7 Å². The number of amides is 1. The van der Waals surface area contributed by atoms with Gasteiger partial charge in [-0.15, -0.1) is 0 Å². The van der Waals surface area contributed by atoms with Crippen LogP contribution in [-0.2, 0) is 4.79 Å². The van der Waals surface area contributed by atoms with Crippen molar-refractivity contribution in [2.45, 2.75) is 26.2 Å². The van der Waals surface area contributed by atoms with E-state index in [1.165, 1.54) is 6.07 Å². The molecule has 1 unspecified atom stereocenters. The molecule has 3 aromatic rings. The van der Waals surface area contributed by atoms with Gasteiger partial charge in [0.05, 0.1) is 19.6 Å². The second-order valence-corrected chi connectivity index (χ2v) is 7.09. The average Bonchev–Trinajstić information content (AvgIpc) is 3.38. The maximum absolute atomic E-state index is 13.9. The van der Waals surface area contributed by atoms with Crippen LogP contribution in [0, 0.1) is 12.7 Å².